The molecule has 0 heterocycles. The molecule has 2 amide bonds. The van der Waals surface area contributed by atoms with Crippen LogP contribution in [0.15, 0.2) is 36.4 Å². The molecule has 0 saturated carbocycles. The van der Waals surface area contributed by atoms with Crippen molar-refractivity contribution in [1.29, 1.82) is 0 Å². The average molecular weight is 363 g/mol. The van der Waals surface area contributed by atoms with Crippen LogP contribution in [0.2, 0.25) is 5.02 Å². The molecule has 0 aliphatic carbocycles. The van der Waals surface area contributed by atoms with E-state index in [1.54, 1.807) is 24.3 Å². The van der Waals surface area contributed by atoms with Gasteiger partial charge in [0.15, 0.2) is 6.73 Å². The van der Waals surface area contributed by atoms with Crippen molar-refractivity contribution in [3.63, 3.8) is 0 Å². The highest BCUT2D eigenvalue weighted by atomic mass is 35.5. The number of carbonyl (C=O) groups excluding carboxylic acids is 1. The number of carboxylic acids is 1. The van der Waals surface area contributed by atoms with Crippen LogP contribution >= 0.6 is 11.6 Å². The van der Waals surface area contributed by atoms with Gasteiger partial charge in [0.05, 0.1) is 5.56 Å². The molecule has 0 atom stereocenters. The quantitative estimate of drug-likeness (QED) is 0.686. The number of carboxylic acid groups (broad SMARTS) is 1. The van der Waals surface area contributed by atoms with E-state index in [4.69, 9.17) is 21.4 Å². The summed E-state index contributed by atoms with van der Waals surface area (Å²) in [4.78, 5) is 22.5. The first-order valence-corrected chi connectivity index (χ1v) is 7.98. The molecule has 2 aromatic carbocycles. The first kappa shape index (κ1) is 18.6. The molecule has 132 valence electrons. The van der Waals surface area contributed by atoms with Crippen molar-refractivity contribution in [2.75, 3.05) is 6.73 Å². The molecule has 0 aliphatic rings. The maximum absolute atomic E-state index is 11.8. The minimum Gasteiger partial charge on any atom is -0.478 e. The van der Waals surface area contributed by atoms with E-state index in [2.05, 4.69) is 10.6 Å². The van der Waals surface area contributed by atoms with Gasteiger partial charge in [0, 0.05) is 11.6 Å². The van der Waals surface area contributed by atoms with E-state index in [-0.39, 0.29) is 24.9 Å². The summed E-state index contributed by atoms with van der Waals surface area (Å²) >= 11 is 6.09. The number of benzene rings is 2. The Morgan fingerprint density at radius 1 is 1.08 bits per heavy atom. The molecule has 3 N–H and O–H groups in total. The Morgan fingerprint density at radius 2 is 1.68 bits per heavy atom. The zero-order valence-corrected chi connectivity index (χ0v) is 14.7. The molecule has 0 aliphatic heterocycles. The zero-order valence-electron chi connectivity index (χ0n) is 13.9. The number of rotatable bonds is 6. The molecule has 0 saturated heterocycles. The third kappa shape index (κ3) is 5.39. The van der Waals surface area contributed by atoms with Gasteiger partial charge in [-0.3, -0.25) is 0 Å². The molecule has 0 radical (unpaired) electrons. The number of ether oxygens (including phenoxy) is 1. The van der Waals surface area contributed by atoms with E-state index in [9.17, 15) is 9.59 Å². The van der Waals surface area contributed by atoms with Crippen molar-refractivity contribution < 1.29 is 19.4 Å². The van der Waals surface area contributed by atoms with E-state index in [0.717, 1.165) is 16.7 Å². The van der Waals surface area contributed by atoms with E-state index in [1.807, 2.05) is 13.8 Å². The van der Waals surface area contributed by atoms with Crippen LogP contribution in [0.5, 0.6) is 5.75 Å². The van der Waals surface area contributed by atoms with Crippen LogP contribution in [0, 0.1) is 13.8 Å². The van der Waals surface area contributed by atoms with E-state index in [0.29, 0.717) is 10.8 Å². The predicted molar refractivity (Wildman–Crippen MR) is 95.2 cm³/mol. The van der Waals surface area contributed by atoms with Crippen LogP contribution in [-0.2, 0) is 6.54 Å². The SMILES string of the molecule is Cc1cc(OCNC(=O)NCc2ccc(C(=O)O)cc2)cc(C)c1Cl. The normalized spacial score (nSPS) is 10.2. The minimum absolute atomic E-state index is 0.0182. The highest BCUT2D eigenvalue weighted by Crippen LogP contribution is 2.25. The summed E-state index contributed by atoms with van der Waals surface area (Å²) < 4.78 is 5.49. The third-order valence-electron chi connectivity index (χ3n) is 3.54. The monoisotopic (exact) mass is 362 g/mol. The standard InChI is InChI=1S/C18H19ClN2O4/c1-11-7-15(8-12(2)16(11)19)25-10-21-18(24)20-9-13-3-5-14(6-4-13)17(22)23/h3-8H,9-10H2,1-2H3,(H,22,23)(H2,20,21,24). The largest absolute Gasteiger partial charge is 0.478 e. The molecule has 0 fully saturated rings. The summed E-state index contributed by atoms with van der Waals surface area (Å²) in [5.41, 5.74) is 2.82. The Kier molecular flexibility index (Phi) is 6.25. The minimum atomic E-state index is -0.984. The molecule has 7 heteroatoms. The first-order valence-electron chi connectivity index (χ1n) is 7.60. The zero-order chi connectivity index (χ0) is 18.4. The van der Waals surface area contributed by atoms with Gasteiger partial charge < -0.3 is 20.5 Å². The van der Waals surface area contributed by atoms with Gasteiger partial charge in [0.2, 0.25) is 0 Å². The van der Waals surface area contributed by atoms with E-state index >= 15 is 0 Å². The highest BCUT2D eigenvalue weighted by molar-refractivity contribution is 6.32. The van der Waals surface area contributed by atoms with Crippen molar-refractivity contribution >= 4 is 23.6 Å². The summed E-state index contributed by atoms with van der Waals surface area (Å²) in [6.07, 6.45) is 0. The lowest BCUT2D eigenvalue weighted by molar-refractivity contribution is 0.0697. The first-order chi connectivity index (χ1) is 11.9. The highest BCUT2D eigenvalue weighted by Gasteiger charge is 2.05. The fourth-order valence-corrected chi connectivity index (χ4v) is 2.29. The third-order valence-corrected chi connectivity index (χ3v) is 4.13. The van der Waals surface area contributed by atoms with Crippen LogP contribution in [0.4, 0.5) is 4.79 Å². The van der Waals surface area contributed by atoms with Crippen LogP contribution < -0.4 is 15.4 Å². The Balaban J connectivity index is 1.76. The topological polar surface area (TPSA) is 87.7 Å². The summed E-state index contributed by atoms with van der Waals surface area (Å²) in [7, 11) is 0. The van der Waals surface area contributed by atoms with Crippen LogP contribution in [-0.4, -0.2) is 23.8 Å². The van der Waals surface area contributed by atoms with Gasteiger partial charge in [0.25, 0.3) is 0 Å². The molecular weight excluding hydrogens is 344 g/mol. The Hall–Kier alpha value is -2.73. The van der Waals surface area contributed by atoms with Crippen molar-refractivity contribution in [2.45, 2.75) is 20.4 Å². The number of aryl methyl sites for hydroxylation is 2. The second-order valence-electron chi connectivity index (χ2n) is 5.52. The Labute approximate surface area is 150 Å². The van der Waals surface area contributed by atoms with Crippen LogP contribution in [0.3, 0.4) is 0 Å². The lowest BCUT2D eigenvalue weighted by Crippen LogP contribution is -2.37. The molecule has 0 spiro atoms. The van der Waals surface area contributed by atoms with Gasteiger partial charge >= 0.3 is 12.0 Å². The van der Waals surface area contributed by atoms with E-state index in [1.165, 1.54) is 12.1 Å². The molecule has 2 aromatic rings. The van der Waals surface area contributed by atoms with Gasteiger partial charge in [-0.05, 0) is 54.8 Å². The fraction of sp³-hybridized carbons (Fsp3) is 0.222. The Morgan fingerprint density at radius 3 is 2.24 bits per heavy atom. The molecule has 25 heavy (non-hydrogen) atoms. The van der Waals surface area contributed by atoms with Crippen LogP contribution in [0.25, 0.3) is 0 Å². The van der Waals surface area contributed by atoms with Gasteiger partial charge in [-0.25, -0.2) is 9.59 Å². The number of hydrogen-bond donors (Lipinski definition) is 3. The molecular formula is C18H19ClN2O4. The molecule has 2 rings (SSSR count). The molecule has 0 aromatic heterocycles. The lowest BCUT2D eigenvalue weighted by atomic mass is 10.1. The van der Waals surface area contributed by atoms with Gasteiger partial charge in [-0.2, -0.15) is 0 Å². The van der Waals surface area contributed by atoms with Crippen molar-refractivity contribution in [1.82, 2.24) is 10.6 Å². The number of hydrogen-bond acceptors (Lipinski definition) is 3. The average Bonchev–Trinajstić information content (AvgIpc) is 2.58. The number of aromatic carboxylic acids is 1. The van der Waals surface area contributed by atoms with Gasteiger partial charge in [0.1, 0.15) is 5.75 Å². The second kappa shape index (κ2) is 8.39. The maximum atomic E-state index is 11.8. The number of amides is 2. The number of nitrogens with one attached hydrogen (secondary N) is 2. The maximum Gasteiger partial charge on any atom is 0.335 e. The Bertz CT molecular complexity index is 752. The van der Waals surface area contributed by atoms with Crippen molar-refractivity contribution in [3.8, 4) is 5.75 Å². The predicted octanol–water partition coefficient (Wildman–Crippen LogP) is 3.49. The number of carbonyl (C=O) groups is 2. The molecule has 0 bridgehead atoms. The second-order valence-corrected chi connectivity index (χ2v) is 5.90. The van der Waals surface area contributed by atoms with E-state index < -0.39 is 5.97 Å². The summed E-state index contributed by atoms with van der Waals surface area (Å²) in [5, 5.41) is 14.8. The van der Waals surface area contributed by atoms with Crippen LogP contribution in [0.1, 0.15) is 27.0 Å². The van der Waals surface area contributed by atoms with Crippen molar-refractivity contribution in [3.05, 3.63) is 63.7 Å². The fourth-order valence-electron chi connectivity index (χ4n) is 2.18. The number of urea groups is 1. The lowest BCUT2D eigenvalue weighted by Gasteiger charge is -2.11. The summed E-state index contributed by atoms with van der Waals surface area (Å²) in [6.45, 7) is 4.07. The summed E-state index contributed by atoms with van der Waals surface area (Å²) in [5.74, 6) is -0.356. The number of halogens is 1. The summed E-state index contributed by atoms with van der Waals surface area (Å²) in [6, 6.07) is 9.51. The molecule has 0 unspecified atom stereocenters. The van der Waals surface area contributed by atoms with Crippen molar-refractivity contribution in [2.24, 2.45) is 0 Å². The van der Waals surface area contributed by atoms with Gasteiger partial charge in [-0.1, -0.05) is 23.7 Å². The molecule has 6 nitrogen and oxygen atoms in total. The van der Waals surface area contributed by atoms with Gasteiger partial charge in [-0.15, -0.1) is 0 Å². The smallest absolute Gasteiger partial charge is 0.335 e.